The number of thiophene rings is 1. The zero-order valence-electron chi connectivity index (χ0n) is 6.28. The van der Waals surface area contributed by atoms with Crippen LogP contribution in [0.25, 0.3) is 0 Å². The van der Waals surface area contributed by atoms with Gasteiger partial charge in [-0.2, -0.15) is 0 Å². The van der Waals surface area contributed by atoms with Crippen molar-refractivity contribution in [3.05, 3.63) is 35.2 Å². The van der Waals surface area contributed by atoms with E-state index in [0.717, 1.165) is 10.6 Å². The minimum Gasteiger partial charge on any atom is -0.365 e. The molecule has 0 saturated carbocycles. The molecule has 0 aromatic carbocycles. The van der Waals surface area contributed by atoms with E-state index in [1.807, 2.05) is 24.4 Å². The van der Waals surface area contributed by atoms with Crippen molar-refractivity contribution in [2.24, 2.45) is 5.16 Å². The van der Waals surface area contributed by atoms with E-state index >= 15 is 0 Å². The maximum absolute atomic E-state index is 4.68. The molecule has 1 heterocycles. The fraction of sp³-hybridized carbons (Fsp3) is 0.125. The lowest BCUT2D eigenvalue weighted by atomic mass is 10.3. The van der Waals surface area contributed by atoms with Crippen LogP contribution in [0.1, 0.15) is 11.8 Å². The van der Waals surface area contributed by atoms with Gasteiger partial charge in [-0.05, 0) is 18.4 Å². The van der Waals surface area contributed by atoms with Gasteiger partial charge in [-0.1, -0.05) is 17.8 Å². The Morgan fingerprint density at radius 2 is 2.64 bits per heavy atom. The van der Waals surface area contributed by atoms with Crippen molar-refractivity contribution in [2.45, 2.75) is 6.92 Å². The minimum atomic E-state index is 0.875. The molecule has 58 valence electrons. The second-order valence-corrected chi connectivity index (χ2v) is 2.87. The van der Waals surface area contributed by atoms with Crippen LogP contribution in [0.4, 0.5) is 0 Å². The van der Waals surface area contributed by atoms with Gasteiger partial charge in [-0.15, -0.1) is 11.3 Å². The minimum absolute atomic E-state index is 0.875. The lowest BCUT2D eigenvalue weighted by Gasteiger charge is -1.92. The maximum Gasteiger partial charge on any atom is 0.114 e. The molecule has 0 unspecified atom stereocenters. The van der Waals surface area contributed by atoms with Crippen LogP contribution in [0, 0.1) is 0 Å². The maximum atomic E-state index is 4.68. The highest BCUT2D eigenvalue weighted by atomic mass is 32.1. The van der Waals surface area contributed by atoms with Crippen LogP contribution in [-0.2, 0) is 4.84 Å². The van der Waals surface area contributed by atoms with E-state index in [4.69, 9.17) is 0 Å². The van der Waals surface area contributed by atoms with Gasteiger partial charge in [-0.3, -0.25) is 0 Å². The van der Waals surface area contributed by atoms with Gasteiger partial charge in [0.2, 0.25) is 0 Å². The molecular weight excluding hydrogens is 158 g/mol. The Morgan fingerprint density at radius 3 is 3.18 bits per heavy atom. The molecule has 2 nitrogen and oxygen atoms in total. The molecule has 0 bridgehead atoms. The first-order valence-corrected chi connectivity index (χ1v) is 4.07. The number of oxime groups is 1. The summed E-state index contributed by atoms with van der Waals surface area (Å²) in [6, 6.07) is 3.98. The first kappa shape index (κ1) is 8.01. The van der Waals surface area contributed by atoms with Crippen LogP contribution in [0.2, 0.25) is 0 Å². The first-order valence-electron chi connectivity index (χ1n) is 3.20. The highest BCUT2D eigenvalue weighted by molar-refractivity contribution is 7.12. The zero-order chi connectivity index (χ0) is 8.10. The van der Waals surface area contributed by atoms with Gasteiger partial charge >= 0.3 is 0 Å². The van der Waals surface area contributed by atoms with Gasteiger partial charge in [0, 0.05) is 0 Å². The van der Waals surface area contributed by atoms with Gasteiger partial charge < -0.3 is 4.84 Å². The third-order valence-corrected chi connectivity index (χ3v) is 2.12. The monoisotopic (exact) mass is 167 g/mol. The predicted molar refractivity (Wildman–Crippen MR) is 47.8 cm³/mol. The van der Waals surface area contributed by atoms with E-state index in [1.54, 1.807) is 11.3 Å². The van der Waals surface area contributed by atoms with Gasteiger partial charge in [-0.25, -0.2) is 0 Å². The molecule has 11 heavy (non-hydrogen) atoms. The number of hydrogen-bond donors (Lipinski definition) is 0. The SMILES string of the molecule is C=CO/N=C(/C)c1cccs1. The predicted octanol–water partition coefficient (Wildman–Crippen LogP) is 2.63. The standard InChI is InChI=1S/C8H9NOS/c1-3-10-9-7(2)8-5-4-6-11-8/h3-6H,1H2,2H3/b9-7-. The van der Waals surface area contributed by atoms with Gasteiger partial charge in [0.05, 0.1) is 10.6 Å². The van der Waals surface area contributed by atoms with Gasteiger partial charge in [0.15, 0.2) is 0 Å². The van der Waals surface area contributed by atoms with E-state index in [-0.39, 0.29) is 0 Å². The summed E-state index contributed by atoms with van der Waals surface area (Å²) in [5.74, 6) is 0. The quantitative estimate of drug-likeness (QED) is 0.385. The normalized spacial score (nSPS) is 11.2. The molecular formula is C8H9NOS. The fourth-order valence-electron chi connectivity index (χ4n) is 0.646. The van der Waals surface area contributed by atoms with Crippen LogP contribution >= 0.6 is 11.3 Å². The molecule has 3 heteroatoms. The Balaban J connectivity index is 2.68. The molecule has 0 atom stereocenters. The van der Waals surface area contributed by atoms with Gasteiger partial charge in [0.1, 0.15) is 6.26 Å². The smallest absolute Gasteiger partial charge is 0.114 e. The van der Waals surface area contributed by atoms with Gasteiger partial charge in [0.25, 0.3) is 0 Å². The number of nitrogens with zero attached hydrogens (tertiary/aromatic N) is 1. The molecule has 0 spiro atoms. The largest absolute Gasteiger partial charge is 0.365 e. The Bertz CT molecular complexity index is 251. The van der Waals surface area contributed by atoms with Crippen LogP contribution < -0.4 is 0 Å². The van der Waals surface area contributed by atoms with Crippen molar-refractivity contribution in [1.29, 1.82) is 0 Å². The topological polar surface area (TPSA) is 21.6 Å². The van der Waals surface area contributed by atoms with Crippen LogP contribution in [-0.4, -0.2) is 5.71 Å². The molecule has 0 radical (unpaired) electrons. The van der Waals surface area contributed by atoms with Crippen molar-refractivity contribution in [2.75, 3.05) is 0 Å². The first-order chi connectivity index (χ1) is 5.34. The van der Waals surface area contributed by atoms with Crippen molar-refractivity contribution in [3.63, 3.8) is 0 Å². The molecule has 1 rings (SSSR count). The molecule has 0 N–H and O–H groups in total. The fourth-order valence-corrected chi connectivity index (χ4v) is 1.31. The summed E-state index contributed by atoms with van der Waals surface area (Å²) in [5, 5.41) is 5.80. The lowest BCUT2D eigenvalue weighted by molar-refractivity contribution is 0.270. The molecule has 1 aromatic heterocycles. The summed E-state index contributed by atoms with van der Waals surface area (Å²) >= 11 is 1.64. The van der Waals surface area contributed by atoms with Crippen LogP contribution in [0.3, 0.4) is 0 Å². The Hall–Kier alpha value is -1.09. The average molecular weight is 167 g/mol. The molecule has 1 aromatic rings. The van der Waals surface area contributed by atoms with Crippen molar-refractivity contribution in [1.82, 2.24) is 0 Å². The summed E-state index contributed by atoms with van der Waals surface area (Å²) < 4.78 is 0. The van der Waals surface area contributed by atoms with Crippen LogP contribution in [0.5, 0.6) is 0 Å². The summed E-state index contributed by atoms with van der Waals surface area (Å²) in [5.41, 5.74) is 0.875. The molecule has 0 fully saturated rings. The van der Waals surface area contributed by atoms with E-state index in [2.05, 4.69) is 16.6 Å². The van der Waals surface area contributed by atoms with Crippen molar-refractivity contribution >= 4 is 17.0 Å². The molecule has 0 aliphatic rings. The Labute approximate surface area is 69.8 Å². The third-order valence-electron chi connectivity index (χ3n) is 1.14. The molecule has 0 saturated heterocycles. The number of hydrogen-bond acceptors (Lipinski definition) is 3. The molecule has 0 amide bonds. The average Bonchev–Trinajstić information content (AvgIpc) is 2.52. The van der Waals surface area contributed by atoms with Crippen molar-refractivity contribution < 1.29 is 4.84 Å². The molecule has 0 aliphatic carbocycles. The summed E-state index contributed by atoms with van der Waals surface area (Å²) in [6.07, 6.45) is 1.30. The van der Waals surface area contributed by atoms with E-state index in [9.17, 15) is 0 Å². The summed E-state index contributed by atoms with van der Waals surface area (Å²) in [6.45, 7) is 5.29. The van der Waals surface area contributed by atoms with E-state index in [0.29, 0.717) is 0 Å². The van der Waals surface area contributed by atoms with E-state index < -0.39 is 0 Å². The van der Waals surface area contributed by atoms with E-state index in [1.165, 1.54) is 6.26 Å². The second-order valence-electron chi connectivity index (χ2n) is 1.93. The molecule has 0 aliphatic heterocycles. The summed E-state index contributed by atoms with van der Waals surface area (Å²) in [7, 11) is 0. The summed E-state index contributed by atoms with van der Waals surface area (Å²) in [4.78, 5) is 5.80. The highest BCUT2D eigenvalue weighted by Crippen LogP contribution is 2.09. The third kappa shape index (κ3) is 2.20. The lowest BCUT2D eigenvalue weighted by Crippen LogP contribution is -1.89. The Morgan fingerprint density at radius 1 is 1.82 bits per heavy atom. The van der Waals surface area contributed by atoms with Crippen molar-refractivity contribution in [3.8, 4) is 0 Å². The second kappa shape index (κ2) is 3.93. The zero-order valence-corrected chi connectivity index (χ0v) is 7.10. The number of rotatable bonds is 3. The Kier molecular flexibility index (Phi) is 2.86. The van der Waals surface area contributed by atoms with Crippen LogP contribution in [0.15, 0.2) is 35.5 Å². The highest BCUT2D eigenvalue weighted by Gasteiger charge is 1.96.